The van der Waals surface area contributed by atoms with E-state index in [9.17, 15) is 4.79 Å². The van der Waals surface area contributed by atoms with Crippen LogP contribution < -0.4 is 5.32 Å². The molecule has 1 aliphatic heterocycles. The highest BCUT2D eigenvalue weighted by molar-refractivity contribution is 6.42. The van der Waals surface area contributed by atoms with E-state index in [1.165, 1.54) is 17.3 Å². The van der Waals surface area contributed by atoms with E-state index in [0.717, 1.165) is 24.8 Å². The SMILES string of the molecule is O=C(Cn1cncn1)NC[C@H]1OCCCCC1c1ccc(Cl)c(Cl)c1. The quantitative estimate of drug-likeness (QED) is 0.862. The second kappa shape index (κ2) is 8.65. The molecule has 1 fully saturated rings. The summed E-state index contributed by atoms with van der Waals surface area (Å²) in [6.07, 6.45) is 5.90. The molecule has 0 bridgehead atoms. The molecule has 25 heavy (non-hydrogen) atoms. The maximum atomic E-state index is 12.1. The topological polar surface area (TPSA) is 69.0 Å². The Morgan fingerprint density at radius 3 is 2.96 bits per heavy atom. The summed E-state index contributed by atoms with van der Waals surface area (Å²) in [6, 6.07) is 5.69. The molecule has 0 aliphatic carbocycles. The summed E-state index contributed by atoms with van der Waals surface area (Å²) in [4.78, 5) is 15.9. The van der Waals surface area contributed by atoms with E-state index in [4.69, 9.17) is 27.9 Å². The fourth-order valence-electron chi connectivity index (χ4n) is 3.06. The highest BCUT2D eigenvalue weighted by atomic mass is 35.5. The highest BCUT2D eigenvalue weighted by Gasteiger charge is 2.27. The van der Waals surface area contributed by atoms with Crippen molar-refractivity contribution in [1.82, 2.24) is 20.1 Å². The van der Waals surface area contributed by atoms with E-state index < -0.39 is 0 Å². The number of ether oxygens (including phenoxy) is 1. The van der Waals surface area contributed by atoms with E-state index in [-0.39, 0.29) is 24.5 Å². The van der Waals surface area contributed by atoms with Gasteiger partial charge in [0.05, 0.1) is 16.1 Å². The molecule has 3 rings (SSSR count). The average molecular weight is 383 g/mol. The van der Waals surface area contributed by atoms with Gasteiger partial charge in [-0.25, -0.2) is 9.67 Å². The summed E-state index contributed by atoms with van der Waals surface area (Å²) in [5, 5.41) is 7.94. The van der Waals surface area contributed by atoms with E-state index in [1.54, 1.807) is 0 Å². The van der Waals surface area contributed by atoms with Gasteiger partial charge < -0.3 is 10.1 Å². The van der Waals surface area contributed by atoms with Crippen molar-refractivity contribution in [3.63, 3.8) is 0 Å². The molecule has 134 valence electrons. The molecule has 0 spiro atoms. The third-order valence-electron chi connectivity index (χ3n) is 4.33. The highest BCUT2D eigenvalue weighted by Crippen LogP contribution is 2.33. The molecule has 1 aliphatic rings. The number of carbonyl (C=O) groups excluding carboxylic acids is 1. The van der Waals surface area contributed by atoms with Gasteiger partial charge in [0.2, 0.25) is 5.91 Å². The third kappa shape index (κ3) is 4.93. The van der Waals surface area contributed by atoms with Gasteiger partial charge in [0.1, 0.15) is 19.2 Å². The van der Waals surface area contributed by atoms with Crippen LogP contribution >= 0.6 is 23.2 Å². The molecule has 1 aromatic heterocycles. The number of halogens is 2. The largest absolute Gasteiger partial charge is 0.376 e. The fourth-order valence-corrected chi connectivity index (χ4v) is 3.37. The molecule has 2 aromatic rings. The van der Waals surface area contributed by atoms with Crippen LogP contribution in [0.1, 0.15) is 30.7 Å². The molecular weight excluding hydrogens is 363 g/mol. The Morgan fingerprint density at radius 2 is 2.20 bits per heavy atom. The van der Waals surface area contributed by atoms with E-state index >= 15 is 0 Å². The van der Waals surface area contributed by atoms with Gasteiger partial charge in [-0.15, -0.1) is 0 Å². The van der Waals surface area contributed by atoms with Crippen LogP contribution in [0.2, 0.25) is 10.0 Å². The van der Waals surface area contributed by atoms with Crippen molar-refractivity contribution in [2.75, 3.05) is 13.2 Å². The lowest BCUT2D eigenvalue weighted by Crippen LogP contribution is -2.38. The molecule has 1 N–H and O–H groups in total. The lowest BCUT2D eigenvalue weighted by molar-refractivity contribution is -0.122. The van der Waals surface area contributed by atoms with Crippen LogP contribution in [0.15, 0.2) is 30.9 Å². The monoisotopic (exact) mass is 382 g/mol. The molecule has 0 radical (unpaired) electrons. The van der Waals surface area contributed by atoms with Gasteiger partial charge >= 0.3 is 0 Å². The normalized spacial score (nSPS) is 20.9. The number of hydrogen-bond donors (Lipinski definition) is 1. The van der Waals surface area contributed by atoms with Crippen molar-refractivity contribution >= 4 is 29.1 Å². The van der Waals surface area contributed by atoms with Crippen molar-refractivity contribution in [3.05, 3.63) is 46.5 Å². The predicted octanol–water partition coefficient (Wildman–Crippen LogP) is 3.05. The summed E-state index contributed by atoms with van der Waals surface area (Å²) in [5.41, 5.74) is 1.09. The number of benzene rings is 1. The Bertz CT molecular complexity index is 709. The smallest absolute Gasteiger partial charge is 0.241 e. The van der Waals surface area contributed by atoms with Crippen molar-refractivity contribution < 1.29 is 9.53 Å². The van der Waals surface area contributed by atoms with Crippen molar-refractivity contribution in [1.29, 1.82) is 0 Å². The summed E-state index contributed by atoms with van der Waals surface area (Å²) < 4.78 is 7.49. The molecule has 2 heterocycles. The molecule has 2 atom stereocenters. The van der Waals surface area contributed by atoms with Gasteiger partial charge in [-0.2, -0.15) is 5.10 Å². The van der Waals surface area contributed by atoms with Crippen LogP contribution in [0, 0.1) is 0 Å². The number of amides is 1. The van der Waals surface area contributed by atoms with Crippen molar-refractivity contribution in [2.24, 2.45) is 0 Å². The van der Waals surface area contributed by atoms with E-state index in [1.807, 2.05) is 18.2 Å². The van der Waals surface area contributed by atoms with E-state index in [0.29, 0.717) is 23.2 Å². The first-order valence-electron chi connectivity index (χ1n) is 8.29. The van der Waals surface area contributed by atoms with Crippen LogP contribution in [-0.2, 0) is 16.1 Å². The predicted molar refractivity (Wildman–Crippen MR) is 95.8 cm³/mol. The average Bonchev–Trinajstić information content (AvgIpc) is 2.98. The number of aromatic nitrogens is 3. The van der Waals surface area contributed by atoms with Gasteiger partial charge in [0, 0.05) is 19.1 Å². The molecule has 0 saturated carbocycles. The van der Waals surface area contributed by atoms with Gasteiger partial charge in [-0.05, 0) is 30.5 Å². The number of nitrogens with zero attached hydrogens (tertiary/aromatic N) is 3. The molecular formula is C17H20Cl2N4O2. The lowest BCUT2D eigenvalue weighted by atomic mass is 9.89. The van der Waals surface area contributed by atoms with Crippen LogP contribution in [0.3, 0.4) is 0 Å². The zero-order chi connectivity index (χ0) is 17.6. The number of rotatable bonds is 5. The van der Waals surface area contributed by atoms with Crippen LogP contribution in [0.5, 0.6) is 0 Å². The van der Waals surface area contributed by atoms with Crippen molar-refractivity contribution in [3.8, 4) is 0 Å². The number of carbonyl (C=O) groups is 1. The Morgan fingerprint density at radius 1 is 1.32 bits per heavy atom. The first kappa shape index (κ1) is 18.2. The fraction of sp³-hybridized carbons (Fsp3) is 0.471. The third-order valence-corrected chi connectivity index (χ3v) is 5.07. The molecule has 1 aromatic carbocycles. The Labute approximate surface area is 156 Å². The molecule has 1 unspecified atom stereocenters. The van der Waals surface area contributed by atoms with Gasteiger partial charge in [-0.1, -0.05) is 35.7 Å². The maximum absolute atomic E-state index is 12.1. The Balaban J connectivity index is 1.65. The minimum Gasteiger partial charge on any atom is -0.376 e. The minimum absolute atomic E-state index is 0.0977. The minimum atomic E-state index is -0.119. The summed E-state index contributed by atoms with van der Waals surface area (Å²) in [5.74, 6) is 0.0511. The van der Waals surface area contributed by atoms with Gasteiger partial charge in [0.25, 0.3) is 0 Å². The number of nitrogens with one attached hydrogen (secondary N) is 1. The van der Waals surface area contributed by atoms with E-state index in [2.05, 4.69) is 15.4 Å². The first-order chi connectivity index (χ1) is 12.1. The van der Waals surface area contributed by atoms with Crippen LogP contribution in [0.25, 0.3) is 0 Å². The summed E-state index contributed by atoms with van der Waals surface area (Å²) in [6.45, 7) is 1.28. The van der Waals surface area contributed by atoms with Gasteiger partial charge in [-0.3, -0.25) is 4.79 Å². The number of hydrogen-bond acceptors (Lipinski definition) is 4. The second-order valence-electron chi connectivity index (χ2n) is 6.08. The van der Waals surface area contributed by atoms with Crippen LogP contribution in [0.4, 0.5) is 0 Å². The maximum Gasteiger partial charge on any atom is 0.241 e. The lowest BCUT2D eigenvalue weighted by Gasteiger charge is -2.26. The zero-order valence-corrected chi connectivity index (χ0v) is 15.2. The summed E-state index contributed by atoms with van der Waals surface area (Å²) >= 11 is 12.2. The molecule has 6 nitrogen and oxygen atoms in total. The molecule has 1 saturated heterocycles. The zero-order valence-electron chi connectivity index (χ0n) is 13.7. The van der Waals surface area contributed by atoms with Crippen LogP contribution in [-0.4, -0.2) is 39.9 Å². The summed E-state index contributed by atoms with van der Waals surface area (Å²) in [7, 11) is 0. The standard InChI is InChI=1S/C17H20Cl2N4O2/c18-14-5-4-12(7-15(14)19)13-3-1-2-6-25-16(13)8-21-17(24)9-23-11-20-10-22-23/h4-5,7,10-11,13,16H,1-3,6,8-9H2,(H,21,24)/t13?,16-/m1/s1. The Kier molecular flexibility index (Phi) is 6.29. The first-order valence-corrected chi connectivity index (χ1v) is 9.05. The Hall–Kier alpha value is -1.63. The van der Waals surface area contributed by atoms with Crippen molar-refractivity contribution in [2.45, 2.75) is 37.8 Å². The van der Waals surface area contributed by atoms with Gasteiger partial charge in [0.15, 0.2) is 0 Å². The molecule has 1 amide bonds. The second-order valence-corrected chi connectivity index (χ2v) is 6.90. The molecule has 8 heteroatoms.